The van der Waals surface area contributed by atoms with Gasteiger partial charge in [-0.1, -0.05) is 45.9 Å². The molecule has 4 unspecified atom stereocenters. The first-order chi connectivity index (χ1) is 17.3. The maximum Gasteiger partial charge on any atom is 0.326 e. The molecule has 0 spiro atoms. The number of benzene rings is 1. The van der Waals surface area contributed by atoms with Gasteiger partial charge >= 0.3 is 11.9 Å². The van der Waals surface area contributed by atoms with E-state index in [1.54, 1.807) is 33.9 Å². The number of fused-ring (bicyclic) bond motifs is 1. The van der Waals surface area contributed by atoms with E-state index in [0.29, 0.717) is 5.56 Å². The molecule has 1 aromatic carbocycles. The average Bonchev–Trinajstić information content (AvgIpc) is 3.22. The molecule has 2 rings (SSSR count). The Morgan fingerprint density at radius 2 is 1.49 bits per heavy atom. The number of amides is 3. The molecule has 0 aliphatic carbocycles. The van der Waals surface area contributed by atoms with Crippen LogP contribution in [0.1, 0.15) is 39.7 Å². The first kappa shape index (κ1) is 29.3. The Labute approximate surface area is 214 Å². The Morgan fingerprint density at radius 3 is 2.05 bits per heavy atom. The Hall–Kier alpha value is -3.93. The summed E-state index contributed by atoms with van der Waals surface area (Å²) in [6, 6.07) is 2.41. The molecule has 1 heterocycles. The summed E-state index contributed by atoms with van der Waals surface area (Å²) in [5.41, 5.74) is 7.31. The number of H-pyrrole nitrogens is 1. The van der Waals surface area contributed by atoms with E-state index in [1.165, 1.54) is 0 Å². The molecule has 0 saturated carbocycles. The molecule has 0 aliphatic rings. The highest BCUT2D eigenvalue weighted by Gasteiger charge is 2.33. The topological polar surface area (TPSA) is 204 Å². The molecule has 0 bridgehead atoms. The number of rotatable bonds is 13. The van der Waals surface area contributed by atoms with Crippen LogP contribution in [0.5, 0.6) is 0 Å². The van der Waals surface area contributed by atoms with Gasteiger partial charge in [-0.05, 0) is 23.5 Å². The largest absolute Gasteiger partial charge is 0.481 e. The molecule has 0 radical (unpaired) electrons. The molecule has 0 saturated heterocycles. The van der Waals surface area contributed by atoms with Crippen LogP contribution in [0, 0.1) is 11.8 Å². The summed E-state index contributed by atoms with van der Waals surface area (Å²) in [7, 11) is 0. The van der Waals surface area contributed by atoms with Gasteiger partial charge in [-0.15, -0.1) is 0 Å². The lowest BCUT2D eigenvalue weighted by Crippen LogP contribution is -2.59. The van der Waals surface area contributed by atoms with Gasteiger partial charge in [-0.25, -0.2) is 4.79 Å². The molecule has 4 atom stereocenters. The van der Waals surface area contributed by atoms with Gasteiger partial charge in [0.15, 0.2) is 0 Å². The van der Waals surface area contributed by atoms with Crippen LogP contribution >= 0.6 is 0 Å². The molecule has 12 nitrogen and oxygen atoms in total. The molecule has 0 aliphatic heterocycles. The minimum Gasteiger partial charge on any atom is -0.481 e. The average molecular weight is 518 g/mol. The molecule has 12 heteroatoms. The summed E-state index contributed by atoms with van der Waals surface area (Å²) in [4.78, 5) is 64.6. The Kier molecular flexibility index (Phi) is 10.2. The van der Waals surface area contributed by atoms with Crippen molar-refractivity contribution in [3.8, 4) is 0 Å². The monoisotopic (exact) mass is 517 g/mol. The number of nitrogens with two attached hydrogens (primary N) is 1. The van der Waals surface area contributed by atoms with Crippen LogP contribution in [0.2, 0.25) is 0 Å². The van der Waals surface area contributed by atoms with E-state index < -0.39 is 66.2 Å². The fraction of sp³-hybridized carbons (Fsp3) is 0.480. The Balaban J connectivity index is 2.17. The van der Waals surface area contributed by atoms with Crippen molar-refractivity contribution in [1.29, 1.82) is 0 Å². The predicted molar refractivity (Wildman–Crippen MR) is 135 cm³/mol. The lowest BCUT2D eigenvalue weighted by molar-refractivity contribution is -0.143. The standard InChI is InChI=1S/C25H35N5O7/c1-12(2)20(26)23(34)28-17(10-19(31)32)22(33)30-21(13(3)4)24(35)29-18(25(36)37)9-14-11-27-16-8-6-5-7-15(14)16/h5-8,11-13,17-18,20-21,27H,9-10,26H2,1-4H3,(H,28,34)(H,29,35)(H,30,33)(H,31,32)(H,36,37). The molecular weight excluding hydrogens is 482 g/mol. The summed E-state index contributed by atoms with van der Waals surface area (Å²) >= 11 is 0. The van der Waals surface area contributed by atoms with E-state index in [9.17, 15) is 34.2 Å². The second-order valence-electron chi connectivity index (χ2n) is 9.62. The van der Waals surface area contributed by atoms with Crippen LogP contribution in [0.4, 0.5) is 0 Å². The van der Waals surface area contributed by atoms with Crippen LogP contribution in [-0.4, -0.2) is 69.0 Å². The molecule has 2 aromatic rings. The van der Waals surface area contributed by atoms with Gasteiger partial charge in [0.05, 0.1) is 12.5 Å². The molecule has 8 N–H and O–H groups in total. The number of para-hydroxylation sites is 1. The summed E-state index contributed by atoms with van der Waals surface area (Å²) in [6.45, 7) is 6.68. The van der Waals surface area contributed by atoms with Crippen molar-refractivity contribution in [2.24, 2.45) is 17.6 Å². The zero-order chi connectivity index (χ0) is 27.9. The number of aromatic nitrogens is 1. The van der Waals surface area contributed by atoms with E-state index in [0.717, 1.165) is 10.9 Å². The highest BCUT2D eigenvalue weighted by Crippen LogP contribution is 2.19. The smallest absolute Gasteiger partial charge is 0.326 e. The minimum absolute atomic E-state index is 0.00532. The minimum atomic E-state index is -1.48. The quantitative estimate of drug-likeness (QED) is 0.197. The molecule has 202 valence electrons. The third-order valence-electron chi connectivity index (χ3n) is 5.99. The number of carboxylic acid groups (broad SMARTS) is 2. The Bertz CT molecular complexity index is 1140. The number of hydrogen-bond donors (Lipinski definition) is 7. The maximum atomic E-state index is 13.1. The molecule has 3 amide bonds. The summed E-state index contributed by atoms with van der Waals surface area (Å²) in [6.07, 6.45) is 0.942. The van der Waals surface area contributed by atoms with Crippen LogP contribution in [0.25, 0.3) is 10.9 Å². The number of carboxylic acids is 2. The second-order valence-corrected chi connectivity index (χ2v) is 9.62. The number of nitrogens with one attached hydrogen (secondary N) is 4. The SMILES string of the molecule is CC(C)C(N)C(=O)NC(CC(=O)O)C(=O)NC(C(=O)NC(Cc1c[nH]c2ccccc12)C(=O)O)C(C)C. The van der Waals surface area contributed by atoms with E-state index in [4.69, 9.17) is 5.73 Å². The van der Waals surface area contributed by atoms with Crippen LogP contribution in [0.15, 0.2) is 30.5 Å². The lowest BCUT2D eigenvalue weighted by atomic mass is 10.00. The summed E-state index contributed by atoms with van der Waals surface area (Å²) in [5.74, 6) is -5.69. The zero-order valence-electron chi connectivity index (χ0n) is 21.3. The fourth-order valence-corrected chi connectivity index (χ4v) is 3.73. The van der Waals surface area contributed by atoms with Crippen molar-refractivity contribution < 1.29 is 34.2 Å². The third-order valence-corrected chi connectivity index (χ3v) is 5.99. The molecule has 0 fully saturated rings. The molecule has 37 heavy (non-hydrogen) atoms. The summed E-state index contributed by atoms with van der Waals surface area (Å²) in [5, 5.41) is 27.0. The van der Waals surface area contributed by atoms with Gasteiger partial charge in [0.25, 0.3) is 0 Å². The first-order valence-electron chi connectivity index (χ1n) is 12.0. The number of aliphatic carboxylic acids is 2. The van der Waals surface area contributed by atoms with Gasteiger partial charge < -0.3 is 36.9 Å². The highest BCUT2D eigenvalue weighted by atomic mass is 16.4. The number of carbonyl (C=O) groups is 5. The van der Waals surface area contributed by atoms with Gasteiger partial charge in [-0.3, -0.25) is 19.2 Å². The van der Waals surface area contributed by atoms with Crippen molar-refractivity contribution in [2.45, 2.75) is 64.7 Å². The summed E-state index contributed by atoms with van der Waals surface area (Å²) < 4.78 is 0. The van der Waals surface area contributed by atoms with Crippen molar-refractivity contribution in [2.75, 3.05) is 0 Å². The van der Waals surface area contributed by atoms with Gasteiger partial charge in [0.2, 0.25) is 17.7 Å². The first-order valence-corrected chi connectivity index (χ1v) is 12.0. The highest BCUT2D eigenvalue weighted by molar-refractivity contribution is 5.96. The Morgan fingerprint density at radius 1 is 0.865 bits per heavy atom. The van der Waals surface area contributed by atoms with E-state index >= 15 is 0 Å². The number of carbonyl (C=O) groups excluding carboxylic acids is 3. The predicted octanol–water partition coefficient (Wildman–Crippen LogP) is 0.363. The number of aromatic amines is 1. The third kappa shape index (κ3) is 8.04. The van der Waals surface area contributed by atoms with Gasteiger partial charge in [0, 0.05) is 23.5 Å². The molecular formula is C25H35N5O7. The van der Waals surface area contributed by atoms with Crippen LogP contribution in [-0.2, 0) is 30.4 Å². The van der Waals surface area contributed by atoms with Crippen molar-refractivity contribution in [3.63, 3.8) is 0 Å². The fourth-order valence-electron chi connectivity index (χ4n) is 3.73. The van der Waals surface area contributed by atoms with Gasteiger partial charge in [-0.2, -0.15) is 0 Å². The van der Waals surface area contributed by atoms with Crippen LogP contribution in [0.3, 0.4) is 0 Å². The maximum absolute atomic E-state index is 13.1. The van der Waals surface area contributed by atoms with E-state index in [2.05, 4.69) is 20.9 Å². The van der Waals surface area contributed by atoms with Gasteiger partial charge in [0.1, 0.15) is 18.1 Å². The normalized spacial score (nSPS) is 14.6. The van der Waals surface area contributed by atoms with Crippen LogP contribution < -0.4 is 21.7 Å². The van der Waals surface area contributed by atoms with E-state index in [1.807, 2.05) is 24.3 Å². The van der Waals surface area contributed by atoms with Crippen molar-refractivity contribution >= 4 is 40.6 Å². The number of hydrogen-bond acceptors (Lipinski definition) is 6. The van der Waals surface area contributed by atoms with Crippen molar-refractivity contribution in [1.82, 2.24) is 20.9 Å². The van der Waals surface area contributed by atoms with Crippen molar-refractivity contribution in [3.05, 3.63) is 36.0 Å². The zero-order valence-corrected chi connectivity index (χ0v) is 21.3. The second kappa shape index (κ2) is 12.9. The lowest BCUT2D eigenvalue weighted by Gasteiger charge is -2.27. The molecule has 1 aromatic heterocycles. The van der Waals surface area contributed by atoms with E-state index in [-0.39, 0.29) is 12.3 Å².